The highest BCUT2D eigenvalue weighted by molar-refractivity contribution is 6.30. The van der Waals surface area contributed by atoms with Gasteiger partial charge in [0.25, 0.3) is 0 Å². The third-order valence-electron chi connectivity index (χ3n) is 2.22. The molecule has 0 heterocycles. The third-order valence-corrected chi connectivity index (χ3v) is 2.45. The molecule has 2 radical (unpaired) electrons. The largest absolute Gasteiger partial charge is 0.0843 e. The highest BCUT2D eigenvalue weighted by Gasteiger charge is 2.16. The van der Waals surface area contributed by atoms with Crippen LogP contribution in [0.2, 0.25) is 5.02 Å². The zero-order chi connectivity index (χ0) is 9.19. The first-order chi connectivity index (χ1) is 5.56. The maximum atomic E-state index is 6.05. The Morgan fingerprint density at radius 2 is 2.17 bits per heavy atom. The zero-order valence-corrected chi connectivity index (χ0v) is 8.23. The average molecular weight is 178 g/mol. The van der Waals surface area contributed by atoms with Crippen LogP contribution in [0.3, 0.4) is 0 Å². The minimum atomic E-state index is -0.259. The second kappa shape index (κ2) is 3.53. The lowest BCUT2D eigenvalue weighted by atomic mass is 9.64. The van der Waals surface area contributed by atoms with Gasteiger partial charge in [-0.1, -0.05) is 44.0 Å². The second-order valence-corrected chi connectivity index (χ2v) is 3.72. The Labute approximate surface area is 80.3 Å². The van der Waals surface area contributed by atoms with Crippen LogP contribution in [0.5, 0.6) is 0 Å². The van der Waals surface area contributed by atoms with Crippen LogP contribution in [0.4, 0.5) is 0 Å². The van der Waals surface area contributed by atoms with E-state index in [0.29, 0.717) is 0 Å². The fourth-order valence-electron chi connectivity index (χ4n) is 1.05. The predicted molar refractivity (Wildman–Crippen MR) is 54.8 cm³/mol. The highest BCUT2D eigenvalue weighted by Crippen LogP contribution is 2.25. The van der Waals surface area contributed by atoms with Crippen molar-refractivity contribution in [2.24, 2.45) is 0 Å². The Bertz CT molecular complexity index is 268. The van der Waals surface area contributed by atoms with Crippen molar-refractivity contribution in [3.05, 3.63) is 34.9 Å². The fraction of sp³-hybridized carbons (Fsp3) is 0.400. The van der Waals surface area contributed by atoms with Gasteiger partial charge in [-0.3, -0.25) is 0 Å². The maximum Gasteiger partial charge on any atom is 0.0806 e. The zero-order valence-electron chi connectivity index (χ0n) is 7.47. The molecule has 0 bridgehead atoms. The Morgan fingerprint density at radius 1 is 1.50 bits per heavy atom. The van der Waals surface area contributed by atoms with E-state index in [9.17, 15) is 0 Å². The van der Waals surface area contributed by atoms with Gasteiger partial charge in [0.2, 0.25) is 0 Å². The summed E-state index contributed by atoms with van der Waals surface area (Å²) in [6.45, 7) is 4.08. The molecule has 1 aromatic carbocycles. The average Bonchev–Trinajstić information content (AvgIpc) is 2.05. The molecule has 0 nitrogen and oxygen atoms in total. The van der Waals surface area contributed by atoms with Gasteiger partial charge in [0.1, 0.15) is 0 Å². The van der Waals surface area contributed by atoms with Crippen LogP contribution in [0, 0.1) is 0 Å². The summed E-state index contributed by atoms with van der Waals surface area (Å²) >= 11 is 5.85. The summed E-state index contributed by atoms with van der Waals surface area (Å²) in [6, 6.07) is 7.72. The standard InChI is InChI=1S/C10H12BCl/c1-3-10(2,11)8-5-4-6-9(12)7-8/h4-7H,3H2,1-2H3. The number of hydrogen-bond donors (Lipinski definition) is 0. The van der Waals surface area contributed by atoms with Crippen LogP contribution in [0.15, 0.2) is 24.3 Å². The third kappa shape index (κ3) is 2.04. The van der Waals surface area contributed by atoms with Gasteiger partial charge >= 0.3 is 0 Å². The first-order valence-electron chi connectivity index (χ1n) is 4.11. The van der Waals surface area contributed by atoms with E-state index in [2.05, 4.69) is 6.92 Å². The van der Waals surface area contributed by atoms with Crippen molar-refractivity contribution in [1.29, 1.82) is 0 Å². The SMILES string of the molecule is [B]C(C)(CC)c1cccc(Cl)c1. The first kappa shape index (κ1) is 9.66. The molecular formula is C10H12BCl. The van der Waals surface area contributed by atoms with E-state index in [1.54, 1.807) is 0 Å². The van der Waals surface area contributed by atoms with Crippen molar-refractivity contribution in [3.63, 3.8) is 0 Å². The minimum Gasteiger partial charge on any atom is -0.0843 e. The monoisotopic (exact) mass is 178 g/mol. The van der Waals surface area contributed by atoms with Crippen LogP contribution in [0.1, 0.15) is 25.8 Å². The van der Waals surface area contributed by atoms with Crippen molar-refractivity contribution >= 4 is 19.4 Å². The molecule has 2 heteroatoms. The van der Waals surface area contributed by atoms with Crippen LogP contribution in [-0.2, 0) is 5.31 Å². The summed E-state index contributed by atoms with van der Waals surface area (Å²) in [4.78, 5) is 0. The Kier molecular flexibility index (Phi) is 2.84. The van der Waals surface area contributed by atoms with Crippen molar-refractivity contribution < 1.29 is 0 Å². The molecule has 0 spiro atoms. The fourth-order valence-corrected chi connectivity index (χ4v) is 1.24. The van der Waals surface area contributed by atoms with Crippen LogP contribution >= 0.6 is 11.6 Å². The van der Waals surface area contributed by atoms with E-state index < -0.39 is 0 Å². The lowest BCUT2D eigenvalue weighted by Gasteiger charge is -2.23. The quantitative estimate of drug-likeness (QED) is 0.611. The van der Waals surface area contributed by atoms with Gasteiger partial charge in [-0.2, -0.15) is 0 Å². The van der Waals surface area contributed by atoms with Gasteiger partial charge in [0.05, 0.1) is 7.85 Å². The van der Waals surface area contributed by atoms with Gasteiger partial charge in [0.15, 0.2) is 0 Å². The molecule has 1 atom stereocenters. The molecule has 0 aliphatic carbocycles. The molecule has 0 N–H and O–H groups in total. The summed E-state index contributed by atoms with van der Waals surface area (Å²) in [5.74, 6) is 0. The van der Waals surface area contributed by atoms with Crippen molar-refractivity contribution in [2.75, 3.05) is 0 Å². The van der Waals surface area contributed by atoms with Gasteiger partial charge in [-0.15, -0.1) is 0 Å². The van der Waals surface area contributed by atoms with Gasteiger partial charge in [-0.05, 0) is 23.0 Å². The lowest BCUT2D eigenvalue weighted by molar-refractivity contribution is 0.649. The highest BCUT2D eigenvalue weighted by atomic mass is 35.5. The summed E-state index contributed by atoms with van der Waals surface area (Å²) in [7, 11) is 6.05. The van der Waals surface area contributed by atoms with Crippen molar-refractivity contribution in [3.8, 4) is 0 Å². The minimum absolute atomic E-state index is 0.259. The topological polar surface area (TPSA) is 0 Å². The molecule has 0 saturated heterocycles. The lowest BCUT2D eigenvalue weighted by Crippen LogP contribution is -2.20. The summed E-state index contributed by atoms with van der Waals surface area (Å²) in [6.07, 6.45) is 0.910. The number of hydrogen-bond acceptors (Lipinski definition) is 0. The Morgan fingerprint density at radius 3 is 2.67 bits per heavy atom. The molecule has 62 valence electrons. The smallest absolute Gasteiger partial charge is 0.0806 e. The van der Waals surface area contributed by atoms with Gasteiger partial charge < -0.3 is 0 Å². The molecular weight excluding hydrogens is 166 g/mol. The summed E-state index contributed by atoms with van der Waals surface area (Å²) in [5, 5.41) is 0.489. The molecule has 0 aliphatic rings. The van der Waals surface area contributed by atoms with Gasteiger partial charge in [-0.25, -0.2) is 0 Å². The second-order valence-electron chi connectivity index (χ2n) is 3.28. The molecule has 0 amide bonds. The van der Waals surface area contributed by atoms with Crippen molar-refractivity contribution in [2.45, 2.75) is 25.6 Å². The molecule has 0 aliphatic heterocycles. The molecule has 0 saturated carbocycles. The van der Waals surface area contributed by atoms with Gasteiger partial charge in [0, 0.05) is 5.02 Å². The maximum absolute atomic E-state index is 6.05. The van der Waals surface area contributed by atoms with Crippen LogP contribution < -0.4 is 0 Å². The normalized spacial score (nSPS) is 15.6. The van der Waals surface area contributed by atoms with E-state index in [0.717, 1.165) is 17.0 Å². The van der Waals surface area contributed by atoms with Crippen LogP contribution in [-0.4, -0.2) is 7.85 Å². The van der Waals surface area contributed by atoms with E-state index in [1.807, 2.05) is 31.2 Å². The molecule has 0 fully saturated rings. The predicted octanol–water partition coefficient (Wildman–Crippen LogP) is 3.13. The molecule has 1 unspecified atom stereocenters. The molecule has 12 heavy (non-hydrogen) atoms. The van der Waals surface area contributed by atoms with Crippen molar-refractivity contribution in [1.82, 2.24) is 0 Å². The van der Waals surface area contributed by atoms with Crippen LogP contribution in [0.25, 0.3) is 0 Å². The number of benzene rings is 1. The number of halogens is 1. The van der Waals surface area contributed by atoms with E-state index >= 15 is 0 Å². The van der Waals surface area contributed by atoms with E-state index in [4.69, 9.17) is 19.4 Å². The Balaban J connectivity index is 3.03. The molecule has 0 aromatic heterocycles. The Hall–Kier alpha value is -0.425. The number of rotatable bonds is 2. The molecule has 1 rings (SSSR count). The van der Waals surface area contributed by atoms with E-state index in [-0.39, 0.29) is 5.31 Å². The molecule has 1 aromatic rings. The van der Waals surface area contributed by atoms with E-state index in [1.165, 1.54) is 0 Å². The summed E-state index contributed by atoms with van der Waals surface area (Å²) in [5.41, 5.74) is 1.09. The summed E-state index contributed by atoms with van der Waals surface area (Å²) < 4.78 is 0. The first-order valence-corrected chi connectivity index (χ1v) is 4.49.